The van der Waals surface area contributed by atoms with Crippen LogP contribution in [0, 0.1) is 13.8 Å². The van der Waals surface area contributed by atoms with Gasteiger partial charge in [-0.3, -0.25) is 4.79 Å². The Kier molecular flexibility index (Phi) is 6.32. The van der Waals surface area contributed by atoms with Crippen molar-refractivity contribution >= 4 is 17.6 Å². The van der Waals surface area contributed by atoms with Crippen LogP contribution < -0.4 is 5.73 Å². The maximum absolute atomic E-state index is 11.2. The molecular weight excluding hydrogens is 262 g/mol. The number of rotatable bonds is 6. The first kappa shape index (κ1) is 16.0. The van der Waals surface area contributed by atoms with Gasteiger partial charge in [-0.25, -0.2) is 0 Å². The van der Waals surface area contributed by atoms with Crippen molar-refractivity contribution in [2.24, 2.45) is 5.73 Å². The molecule has 1 unspecified atom stereocenters. The van der Waals surface area contributed by atoms with Crippen molar-refractivity contribution in [2.75, 3.05) is 6.61 Å². The lowest BCUT2D eigenvalue weighted by Gasteiger charge is -2.15. The summed E-state index contributed by atoms with van der Waals surface area (Å²) in [6.07, 6.45) is 1.84. The van der Waals surface area contributed by atoms with Gasteiger partial charge in [0, 0.05) is 17.5 Å². The van der Waals surface area contributed by atoms with Crippen LogP contribution in [0.2, 0.25) is 5.02 Å². The summed E-state index contributed by atoms with van der Waals surface area (Å²) in [5, 5.41) is 0.701. The summed E-state index contributed by atoms with van der Waals surface area (Å²) >= 11 is 6.22. The number of carbonyl (C=O) groups excluding carboxylic acids is 1. The van der Waals surface area contributed by atoms with E-state index in [1.807, 2.05) is 26.0 Å². The Morgan fingerprint density at radius 2 is 2.00 bits per heavy atom. The number of hydrogen-bond donors (Lipinski definition) is 1. The Labute approximate surface area is 120 Å². The van der Waals surface area contributed by atoms with E-state index in [4.69, 9.17) is 22.1 Å². The van der Waals surface area contributed by atoms with Gasteiger partial charge in [0.2, 0.25) is 0 Å². The van der Waals surface area contributed by atoms with Crippen LogP contribution in [0.15, 0.2) is 12.1 Å². The largest absolute Gasteiger partial charge is 0.466 e. The lowest BCUT2D eigenvalue weighted by molar-refractivity contribution is -0.143. The predicted molar refractivity (Wildman–Crippen MR) is 78.3 cm³/mol. The third-order valence-electron chi connectivity index (χ3n) is 3.21. The average molecular weight is 284 g/mol. The number of aryl methyl sites for hydroxylation is 2. The highest BCUT2D eigenvalue weighted by Gasteiger charge is 2.12. The minimum Gasteiger partial charge on any atom is -0.466 e. The fraction of sp³-hybridized carbons (Fsp3) is 0.533. The van der Waals surface area contributed by atoms with Crippen LogP contribution in [0.5, 0.6) is 0 Å². The third kappa shape index (κ3) is 4.84. The molecule has 0 aliphatic heterocycles. The van der Waals surface area contributed by atoms with Crippen molar-refractivity contribution < 1.29 is 9.53 Å². The molecule has 0 saturated heterocycles. The first-order chi connectivity index (χ1) is 8.95. The normalized spacial score (nSPS) is 12.3. The summed E-state index contributed by atoms with van der Waals surface area (Å²) in [5.74, 6) is -0.166. The van der Waals surface area contributed by atoms with Gasteiger partial charge in [-0.15, -0.1) is 0 Å². The molecule has 1 atom stereocenters. The zero-order valence-corrected chi connectivity index (χ0v) is 12.6. The molecule has 0 aliphatic carbocycles. The standard InChI is InChI=1S/C15H22ClNO2/c1-4-19-15(18)7-5-6-14(17)12-8-10(2)11(3)9-13(12)16/h8-9,14H,4-7,17H2,1-3H3. The molecule has 0 bridgehead atoms. The molecular formula is C15H22ClNO2. The number of benzene rings is 1. The van der Waals surface area contributed by atoms with E-state index >= 15 is 0 Å². The van der Waals surface area contributed by atoms with E-state index in [1.165, 1.54) is 5.56 Å². The molecule has 0 spiro atoms. The van der Waals surface area contributed by atoms with Crippen LogP contribution in [0.1, 0.15) is 48.9 Å². The quantitative estimate of drug-likeness (QED) is 0.810. The molecule has 1 aromatic rings. The average Bonchev–Trinajstić information content (AvgIpc) is 2.34. The van der Waals surface area contributed by atoms with Crippen molar-refractivity contribution in [1.29, 1.82) is 0 Å². The maximum atomic E-state index is 11.2. The number of esters is 1. The maximum Gasteiger partial charge on any atom is 0.305 e. The molecule has 0 aromatic heterocycles. The van der Waals surface area contributed by atoms with Crippen molar-refractivity contribution in [3.8, 4) is 0 Å². The SMILES string of the molecule is CCOC(=O)CCCC(N)c1cc(C)c(C)cc1Cl. The summed E-state index contributed by atoms with van der Waals surface area (Å²) < 4.78 is 4.88. The van der Waals surface area contributed by atoms with Crippen LogP contribution >= 0.6 is 11.6 Å². The number of carbonyl (C=O) groups is 1. The lowest BCUT2D eigenvalue weighted by Crippen LogP contribution is -2.12. The number of halogens is 1. The van der Waals surface area contributed by atoms with Crippen LogP contribution in [-0.2, 0) is 9.53 Å². The molecule has 3 nitrogen and oxygen atoms in total. The molecule has 2 N–H and O–H groups in total. The molecule has 0 amide bonds. The highest BCUT2D eigenvalue weighted by Crippen LogP contribution is 2.27. The van der Waals surface area contributed by atoms with Gasteiger partial charge in [-0.2, -0.15) is 0 Å². The summed E-state index contributed by atoms with van der Waals surface area (Å²) in [4.78, 5) is 11.2. The molecule has 0 aliphatic rings. The first-order valence-corrected chi connectivity index (χ1v) is 7.01. The Morgan fingerprint density at radius 3 is 2.63 bits per heavy atom. The van der Waals surface area contributed by atoms with E-state index < -0.39 is 0 Å². The van der Waals surface area contributed by atoms with Gasteiger partial charge in [0.25, 0.3) is 0 Å². The smallest absolute Gasteiger partial charge is 0.305 e. The van der Waals surface area contributed by atoms with Crippen molar-refractivity contribution in [2.45, 2.75) is 46.1 Å². The van der Waals surface area contributed by atoms with Crippen molar-refractivity contribution in [1.82, 2.24) is 0 Å². The molecule has 1 aromatic carbocycles. The molecule has 0 saturated carbocycles. The Hall–Kier alpha value is -1.06. The van der Waals surface area contributed by atoms with Gasteiger partial charge < -0.3 is 10.5 Å². The zero-order chi connectivity index (χ0) is 14.4. The van der Waals surface area contributed by atoms with Crippen LogP contribution in [0.3, 0.4) is 0 Å². The van der Waals surface area contributed by atoms with Gasteiger partial charge in [0.1, 0.15) is 0 Å². The second kappa shape index (κ2) is 7.51. The Bertz CT molecular complexity index is 446. The Balaban J connectivity index is 2.56. The number of nitrogens with two attached hydrogens (primary N) is 1. The van der Waals surface area contributed by atoms with E-state index in [-0.39, 0.29) is 12.0 Å². The van der Waals surface area contributed by atoms with Crippen molar-refractivity contribution in [3.05, 3.63) is 33.8 Å². The lowest BCUT2D eigenvalue weighted by atomic mass is 9.98. The summed E-state index contributed by atoms with van der Waals surface area (Å²) in [6, 6.07) is 3.84. The van der Waals surface area contributed by atoms with E-state index in [2.05, 4.69) is 0 Å². The predicted octanol–water partition coefficient (Wildman–Crippen LogP) is 3.69. The van der Waals surface area contributed by atoms with Gasteiger partial charge >= 0.3 is 5.97 Å². The zero-order valence-electron chi connectivity index (χ0n) is 11.8. The molecule has 0 radical (unpaired) electrons. The minimum absolute atomic E-state index is 0.138. The molecule has 0 fully saturated rings. The highest BCUT2D eigenvalue weighted by molar-refractivity contribution is 6.31. The monoisotopic (exact) mass is 283 g/mol. The van der Waals surface area contributed by atoms with E-state index in [9.17, 15) is 4.79 Å². The first-order valence-electron chi connectivity index (χ1n) is 6.63. The van der Waals surface area contributed by atoms with Crippen LogP contribution in [0.25, 0.3) is 0 Å². The summed E-state index contributed by atoms with van der Waals surface area (Å²) in [7, 11) is 0. The van der Waals surface area contributed by atoms with E-state index in [0.29, 0.717) is 24.5 Å². The fourth-order valence-electron chi connectivity index (χ4n) is 1.94. The Morgan fingerprint density at radius 1 is 1.37 bits per heavy atom. The summed E-state index contributed by atoms with van der Waals surface area (Å²) in [6.45, 7) is 6.30. The number of ether oxygens (including phenoxy) is 1. The fourth-order valence-corrected chi connectivity index (χ4v) is 2.30. The van der Waals surface area contributed by atoms with Gasteiger partial charge in [0.15, 0.2) is 0 Å². The van der Waals surface area contributed by atoms with Crippen molar-refractivity contribution in [3.63, 3.8) is 0 Å². The van der Waals surface area contributed by atoms with Crippen LogP contribution in [0.4, 0.5) is 0 Å². The van der Waals surface area contributed by atoms with Gasteiger partial charge in [-0.05, 0) is 56.4 Å². The molecule has 106 valence electrons. The molecule has 4 heteroatoms. The van der Waals surface area contributed by atoms with E-state index in [0.717, 1.165) is 17.5 Å². The number of hydrogen-bond acceptors (Lipinski definition) is 3. The van der Waals surface area contributed by atoms with E-state index in [1.54, 1.807) is 6.92 Å². The summed E-state index contributed by atoms with van der Waals surface area (Å²) in [5.41, 5.74) is 9.43. The second-order valence-corrected chi connectivity index (χ2v) is 5.17. The van der Waals surface area contributed by atoms with Crippen LogP contribution in [-0.4, -0.2) is 12.6 Å². The topological polar surface area (TPSA) is 52.3 Å². The molecule has 1 rings (SSSR count). The molecule has 19 heavy (non-hydrogen) atoms. The second-order valence-electron chi connectivity index (χ2n) is 4.76. The third-order valence-corrected chi connectivity index (χ3v) is 3.54. The minimum atomic E-state index is -0.166. The highest BCUT2D eigenvalue weighted by atomic mass is 35.5. The molecule has 0 heterocycles. The van der Waals surface area contributed by atoms with Gasteiger partial charge in [-0.1, -0.05) is 17.7 Å². The van der Waals surface area contributed by atoms with Gasteiger partial charge in [0.05, 0.1) is 6.61 Å².